The first-order chi connectivity index (χ1) is 14.9. The average molecular weight is 423 g/mol. The fraction of sp³-hybridized carbons (Fsp3) is 0.160. The van der Waals surface area contributed by atoms with Crippen LogP contribution in [-0.2, 0) is 11.0 Å². The van der Waals surface area contributed by atoms with Gasteiger partial charge in [-0.2, -0.15) is 13.2 Å². The fourth-order valence-electron chi connectivity index (χ4n) is 3.01. The number of benzene rings is 3. The van der Waals surface area contributed by atoms with Crippen molar-refractivity contribution in [2.75, 3.05) is 13.2 Å². The highest BCUT2D eigenvalue weighted by Gasteiger charge is 2.30. The molecule has 0 aliphatic rings. The Hall–Kier alpha value is -3.72. The summed E-state index contributed by atoms with van der Waals surface area (Å²) in [5, 5.41) is 2.79. The fourth-order valence-corrected chi connectivity index (χ4v) is 3.01. The monoisotopic (exact) mass is 423 g/mol. The summed E-state index contributed by atoms with van der Waals surface area (Å²) >= 11 is 0. The van der Waals surface area contributed by atoms with Gasteiger partial charge in [-0.05, 0) is 29.3 Å². The number of nitrogens with one attached hydrogen (secondary N) is 1. The summed E-state index contributed by atoms with van der Waals surface area (Å²) < 4.78 is 43.4. The van der Waals surface area contributed by atoms with Crippen molar-refractivity contribution in [2.24, 2.45) is 0 Å². The number of rotatable bonds is 6. The lowest BCUT2D eigenvalue weighted by Gasteiger charge is -2.17. The van der Waals surface area contributed by atoms with Gasteiger partial charge in [-0.1, -0.05) is 78.6 Å². The van der Waals surface area contributed by atoms with E-state index >= 15 is 0 Å². The van der Waals surface area contributed by atoms with E-state index in [2.05, 4.69) is 17.2 Å². The molecule has 0 aliphatic heterocycles. The second-order valence-corrected chi connectivity index (χ2v) is 6.64. The summed E-state index contributed by atoms with van der Waals surface area (Å²) in [6, 6.07) is 23.5. The van der Waals surface area contributed by atoms with Crippen LogP contribution < -0.4 is 10.1 Å². The highest BCUT2D eigenvalue weighted by atomic mass is 19.4. The normalized spacial score (nSPS) is 10.8. The van der Waals surface area contributed by atoms with Crippen LogP contribution in [0.25, 0.3) is 0 Å². The van der Waals surface area contributed by atoms with Crippen molar-refractivity contribution in [3.05, 3.63) is 102 Å². The number of hydrogen-bond donors (Lipinski definition) is 1. The number of ether oxygens (including phenoxy) is 1. The molecule has 0 unspecified atom stereocenters. The molecule has 0 aromatic heterocycles. The van der Waals surface area contributed by atoms with E-state index < -0.39 is 17.7 Å². The number of hydrogen-bond acceptors (Lipinski definition) is 2. The first-order valence-electron chi connectivity index (χ1n) is 9.58. The van der Waals surface area contributed by atoms with Gasteiger partial charge in [0.2, 0.25) is 5.91 Å². The third-order valence-electron chi connectivity index (χ3n) is 4.48. The molecule has 158 valence electrons. The van der Waals surface area contributed by atoms with Gasteiger partial charge in [-0.15, -0.1) is 0 Å². The average Bonchev–Trinajstić information content (AvgIpc) is 2.77. The molecular weight excluding hydrogens is 403 g/mol. The van der Waals surface area contributed by atoms with Crippen molar-refractivity contribution in [1.82, 2.24) is 5.32 Å². The molecule has 3 aromatic carbocycles. The lowest BCUT2D eigenvalue weighted by Crippen LogP contribution is -2.30. The molecule has 0 fully saturated rings. The van der Waals surface area contributed by atoms with E-state index in [4.69, 9.17) is 4.74 Å². The van der Waals surface area contributed by atoms with E-state index in [1.54, 1.807) is 0 Å². The zero-order chi connectivity index (χ0) is 22.1. The number of amides is 1. The highest BCUT2D eigenvalue weighted by molar-refractivity contribution is 5.87. The van der Waals surface area contributed by atoms with Crippen LogP contribution in [0.5, 0.6) is 5.75 Å². The van der Waals surface area contributed by atoms with E-state index in [1.807, 2.05) is 60.7 Å². The van der Waals surface area contributed by atoms with Gasteiger partial charge in [0.1, 0.15) is 12.4 Å². The molecule has 0 aliphatic carbocycles. The van der Waals surface area contributed by atoms with Crippen LogP contribution in [0.15, 0.2) is 84.9 Å². The van der Waals surface area contributed by atoms with Gasteiger partial charge in [-0.25, -0.2) is 0 Å². The lowest BCUT2D eigenvalue weighted by atomic mass is 9.90. The zero-order valence-corrected chi connectivity index (χ0v) is 16.5. The number of alkyl halides is 3. The smallest absolute Gasteiger partial charge is 0.416 e. The van der Waals surface area contributed by atoms with E-state index in [-0.39, 0.29) is 24.8 Å². The predicted molar refractivity (Wildman–Crippen MR) is 112 cm³/mol. The van der Waals surface area contributed by atoms with Crippen LogP contribution in [0.1, 0.15) is 22.6 Å². The van der Waals surface area contributed by atoms with Crippen LogP contribution in [-0.4, -0.2) is 19.1 Å². The second kappa shape index (κ2) is 10.4. The van der Waals surface area contributed by atoms with E-state index in [9.17, 15) is 18.0 Å². The van der Waals surface area contributed by atoms with Gasteiger partial charge in [0, 0.05) is 0 Å². The molecule has 0 saturated heterocycles. The van der Waals surface area contributed by atoms with E-state index in [0.717, 1.165) is 23.3 Å². The standard InChI is InChI=1S/C25H20F3NO2/c26-25(27,28)21-14-9-15-22(18-21)31-17-8-7-16-29-24(30)23(19-10-3-1-4-11-19)20-12-5-2-6-13-20/h1-6,9-15,18,23H,16-17H2,(H,29,30). The van der Waals surface area contributed by atoms with Crippen LogP contribution in [0.4, 0.5) is 13.2 Å². The molecule has 3 rings (SSSR count). The molecule has 0 heterocycles. The number of carbonyl (C=O) groups is 1. The van der Waals surface area contributed by atoms with Gasteiger partial charge >= 0.3 is 6.18 Å². The van der Waals surface area contributed by atoms with Crippen molar-refractivity contribution in [1.29, 1.82) is 0 Å². The van der Waals surface area contributed by atoms with E-state index in [0.29, 0.717) is 0 Å². The third kappa shape index (κ3) is 6.38. The van der Waals surface area contributed by atoms with Crippen molar-refractivity contribution >= 4 is 5.91 Å². The molecule has 31 heavy (non-hydrogen) atoms. The lowest BCUT2D eigenvalue weighted by molar-refractivity contribution is -0.137. The Labute approximate surface area is 178 Å². The molecule has 1 amide bonds. The summed E-state index contributed by atoms with van der Waals surface area (Å²) in [4.78, 5) is 12.8. The molecule has 3 nitrogen and oxygen atoms in total. The first-order valence-corrected chi connectivity index (χ1v) is 9.58. The largest absolute Gasteiger partial charge is 0.481 e. The molecule has 6 heteroatoms. The Kier molecular flexibility index (Phi) is 7.34. The summed E-state index contributed by atoms with van der Waals surface area (Å²) in [6.45, 7) is 0.0128. The summed E-state index contributed by atoms with van der Waals surface area (Å²) in [7, 11) is 0. The summed E-state index contributed by atoms with van der Waals surface area (Å²) in [5.41, 5.74) is 0.956. The maximum Gasteiger partial charge on any atom is 0.416 e. The molecule has 3 aromatic rings. The van der Waals surface area contributed by atoms with Gasteiger partial charge in [0.25, 0.3) is 0 Å². The van der Waals surface area contributed by atoms with Crippen LogP contribution in [0, 0.1) is 11.8 Å². The topological polar surface area (TPSA) is 38.3 Å². The van der Waals surface area contributed by atoms with Crippen molar-refractivity contribution in [3.63, 3.8) is 0 Å². The van der Waals surface area contributed by atoms with E-state index in [1.165, 1.54) is 12.1 Å². The number of carbonyl (C=O) groups excluding carboxylic acids is 1. The second-order valence-electron chi connectivity index (χ2n) is 6.64. The minimum absolute atomic E-state index is 0.0846. The van der Waals surface area contributed by atoms with Gasteiger partial charge in [0.05, 0.1) is 18.0 Å². The third-order valence-corrected chi connectivity index (χ3v) is 4.48. The highest BCUT2D eigenvalue weighted by Crippen LogP contribution is 2.31. The maximum atomic E-state index is 12.8. The van der Waals surface area contributed by atoms with Crippen LogP contribution >= 0.6 is 0 Å². The molecular formula is C25H20F3NO2. The minimum Gasteiger partial charge on any atom is -0.481 e. The SMILES string of the molecule is O=C(NCC#CCOc1cccc(C(F)(F)F)c1)C(c1ccccc1)c1ccccc1. The quantitative estimate of drug-likeness (QED) is 0.565. The van der Waals surface area contributed by atoms with Crippen molar-refractivity contribution in [2.45, 2.75) is 12.1 Å². The van der Waals surface area contributed by atoms with Crippen molar-refractivity contribution in [3.8, 4) is 17.6 Å². The Bertz CT molecular complexity index is 1020. The first kappa shape index (κ1) is 22.0. The Morgan fingerprint density at radius 1 is 0.871 bits per heavy atom. The Balaban J connectivity index is 1.56. The molecule has 0 saturated carbocycles. The molecule has 1 N–H and O–H groups in total. The molecule has 0 spiro atoms. The van der Waals surface area contributed by atoms with Gasteiger partial charge < -0.3 is 10.1 Å². The predicted octanol–water partition coefficient (Wildman–Crippen LogP) is 5.04. The molecule has 0 atom stereocenters. The Morgan fingerprint density at radius 2 is 1.48 bits per heavy atom. The summed E-state index contributed by atoms with van der Waals surface area (Å²) in [5.74, 6) is 4.89. The minimum atomic E-state index is -4.43. The van der Waals surface area contributed by atoms with Crippen LogP contribution in [0.3, 0.4) is 0 Å². The summed E-state index contributed by atoms with van der Waals surface area (Å²) in [6.07, 6.45) is -4.43. The van der Waals surface area contributed by atoms with Gasteiger partial charge in [0.15, 0.2) is 0 Å². The molecule has 0 bridgehead atoms. The van der Waals surface area contributed by atoms with Crippen molar-refractivity contribution < 1.29 is 22.7 Å². The maximum absolute atomic E-state index is 12.8. The Morgan fingerprint density at radius 3 is 2.06 bits per heavy atom. The van der Waals surface area contributed by atoms with Crippen LogP contribution in [0.2, 0.25) is 0 Å². The molecule has 0 radical (unpaired) electrons. The van der Waals surface area contributed by atoms with Gasteiger partial charge in [-0.3, -0.25) is 4.79 Å². The number of halogens is 3. The zero-order valence-electron chi connectivity index (χ0n) is 16.5.